The number of allylic oxidation sites excluding steroid dienone is 2. The van der Waals surface area contributed by atoms with Crippen LogP contribution in [0.3, 0.4) is 0 Å². The van der Waals surface area contributed by atoms with E-state index in [1.807, 2.05) is 0 Å². The first-order valence-corrected chi connectivity index (χ1v) is 6.53. The van der Waals surface area contributed by atoms with E-state index in [0.717, 1.165) is 0 Å². The maximum atomic E-state index is 2.39. The van der Waals surface area contributed by atoms with E-state index in [2.05, 4.69) is 60.7 Å². The maximum Gasteiger partial charge on any atom is -0.0111 e. The summed E-state index contributed by atoms with van der Waals surface area (Å²) in [4.78, 5) is 0. The molecule has 0 nitrogen and oxygen atoms in total. The molecule has 0 saturated heterocycles. The fourth-order valence-corrected chi connectivity index (χ4v) is 3.10. The molecule has 2 aliphatic rings. The topological polar surface area (TPSA) is 0 Å². The molecule has 0 saturated carbocycles. The van der Waals surface area contributed by atoms with Crippen molar-refractivity contribution in [1.82, 2.24) is 0 Å². The van der Waals surface area contributed by atoms with Crippen LogP contribution in [0.15, 0.2) is 54.6 Å². The van der Waals surface area contributed by atoms with Gasteiger partial charge in [0.1, 0.15) is 0 Å². The first-order chi connectivity index (χ1) is 8.93. The van der Waals surface area contributed by atoms with Crippen LogP contribution in [0.5, 0.6) is 0 Å². The van der Waals surface area contributed by atoms with E-state index < -0.39 is 0 Å². The Balaban J connectivity index is 2.22. The first-order valence-electron chi connectivity index (χ1n) is 6.53. The van der Waals surface area contributed by atoms with E-state index in [1.165, 1.54) is 45.6 Å². The van der Waals surface area contributed by atoms with Gasteiger partial charge in [0.15, 0.2) is 0 Å². The number of hydrogen-bond acceptors (Lipinski definition) is 0. The molecule has 0 aromatic heterocycles. The molecule has 0 atom stereocenters. The zero-order chi connectivity index (χ0) is 11.9. The van der Waals surface area contributed by atoms with Crippen LogP contribution in [0.1, 0.15) is 24.0 Å². The van der Waals surface area contributed by atoms with Gasteiger partial charge in [-0.2, -0.15) is 0 Å². The fourth-order valence-electron chi connectivity index (χ4n) is 3.10. The van der Waals surface area contributed by atoms with Crippen LogP contribution in [0.4, 0.5) is 0 Å². The molecule has 2 aliphatic carbocycles. The van der Waals surface area contributed by atoms with Crippen LogP contribution in [-0.2, 0) is 0 Å². The second kappa shape index (κ2) is 3.71. The van der Waals surface area contributed by atoms with E-state index in [0.29, 0.717) is 0 Å². The lowest BCUT2D eigenvalue weighted by Crippen LogP contribution is -2.25. The molecular weight excluding hydrogens is 216 g/mol. The molecule has 2 aromatic carbocycles. The zero-order valence-electron chi connectivity index (χ0n) is 10.2. The predicted molar refractivity (Wildman–Crippen MR) is 76.3 cm³/mol. The molecule has 0 heterocycles. The average molecular weight is 230 g/mol. The third-order valence-corrected chi connectivity index (χ3v) is 3.92. The smallest absolute Gasteiger partial charge is 0.0111 e. The van der Waals surface area contributed by atoms with Crippen LogP contribution >= 0.6 is 0 Å². The van der Waals surface area contributed by atoms with E-state index >= 15 is 0 Å². The molecule has 86 valence electrons. The molecular formula is C18H14. The van der Waals surface area contributed by atoms with Gasteiger partial charge in [-0.3, -0.25) is 0 Å². The van der Waals surface area contributed by atoms with Crippen molar-refractivity contribution >= 4 is 17.2 Å². The SMILES string of the molecule is C1=C2C(=c3ccccc3=Cc3ccccc32)CC1. The lowest BCUT2D eigenvalue weighted by atomic mass is 9.97. The van der Waals surface area contributed by atoms with Gasteiger partial charge in [-0.15, -0.1) is 0 Å². The van der Waals surface area contributed by atoms with Crippen molar-refractivity contribution in [2.24, 2.45) is 0 Å². The maximum absolute atomic E-state index is 2.39. The van der Waals surface area contributed by atoms with Crippen LogP contribution in [0, 0.1) is 0 Å². The summed E-state index contributed by atoms with van der Waals surface area (Å²) in [5, 5.41) is 2.77. The number of benzene rings is 2. The largest absolute Gasteiger partial charge is 0.0760 e. The second-order valence-electron chi connectivity index (χ2n) is 4.95. The van der Waals surface area contributed by atoms with Gasteiger partial charge >= 0.3 is 0 Å². The first kappa shape index (κ1) is 9.90. The molecule has 0 aliphatic heterocycles. The quantitative estimate of drug-likeness (QED) is 0.653. The molecule has 0 N–H and O–H groups in total. The lowest BCUT2D eigenvalue weighted by molar-refractivity contribution is 1.11. The Kier molecular flexibility index (Phi) is 2.04. The summed E-state index contributed by atoms with van der Waals surface area (Å²) in [6.07, 6.45) is 7.06. The molecule has 0 radical (unpaired) electrons. The Labute approximate surface area is 107 Å². The molecule has 2 aromatic rings. The van der Waals surface area contributed by atoms with E-state index in [1.54, 1.807) is 0 Å². The van der Waals surface area contributed by atoms with Crippen molar-refractivity contribution in [1.29, 1.82) is 0 Å². The molecule has 0 bridgehead atoms. The third-order valence-electron chi connectivity index (χ3n) is 3.92. The van der Waals surface area contributed by atoms with E-state index in [-0.39, 0.29) is 0 Å². The monoisotopic (exact) mass is 230 g/mol. The van der Waals surface area contributed by atoms with Gasteiger partial charge in [0, 0.05) is 0 Å². The second-order valence-corrected chi connectivity index (χ2v) is 4.95. The van der Waals surface area contributed by atoms with Crippen molar-refractivity contribution < 1.29 is 0 Å². The average Bonchev–Trinajstić information content (AvgIpc) is 2.84. The molecule has 0 fully saturated rings. The summed E-state index contributed by atoms with van der Waals surface area (Å²) >= 11 is 0. The van der Waals surface area contributed by atoms with Crippen molar-refractivity contribution in [3.63, 3.8) is 0 Å². The molecule has 18 heavy (non-hydrogen) atoms. The predicted octanol–water partition coefficient (Wildman–Crippen LogP) is 2.86. The minimum atomic E-state index is 1.17. The zero-order valence-corrected chi connectivity index (χ0v) is 10.2. The van der Waals surface area contributed by atoms with Gasteiger partial charge in [0.25, 0.3) is 0 Å². The molecule has 0 heteroatoms. The van der Waals surface area contributed by atoms with Crippen molar-refractivity contribution in [3.05, 3.63) is 76.2 Å². The van der Waals surface area contributed by atoms with Crippen molar-refractivity contribution in [2.75, 3.05) is 0 Å². The normalized spacial score (nSPS) is 16.0. The van der Waals surface area contributed by atoms with Gasteiger partial charge in [0.05, 0.1) is 0 Å². The van der Waals surface area contributed by atoms with Gasteiger partial charge in [-0.1, -0.05) is 54.6 Å². The van der Waals surface area contributed by atoms with E-state index in [9.17, 15) is 0 Å². The summed E-state index contributed by atoms with van der Waals surface area (Å²) in [5.74, 6) is 0. The Morgan fingerprint density at radius 3 is 2.67 bits per heavy atom. The highest BCUT2D eigenvalue weighted by Crippen LogP contribution is 2.35. The lowest BCUT2D eigenvalue weighted by Gasteiger charge is -2.07. The highest BCUT2D eigenvalue weighted by atomic mass is 14.2. The Morgan fingerprint density at radius 2 is 1.67 bits per heavy atom. The fraction of sp³-hybridized carbons (Fsp3) is 0.111. The number of rotatable bonds is 0. The van der Waals surface area contributed by atoms with Gasteiger partial charge < -0.3 is 0 Å². The van der Waals surface area contributed by atoms with Gasteiger partial charge in [-0.25, -0.2) is 0 Å². The minimum absolute atomic E-state index is 1.17. The van der Waals surface area contributed by atoms with Gasteiger partial charge in [0.2, 0.25) is 0 Å². The van der Waals surface area contributed by atoms with Crippen molar-refractivity contribution in [3.8, 4) is 0 Å². The molecule has 0 amide bonds. The summed E-state index contributed by atoms with van der Waals surface area (Å²) in [5.41, 5.74) is 5.70. The highest BCUT2D eigenvalue weighted by Gasteiger charge is 2.18. The van der Waals surface area contributed by atoms with Gasteiger partial charge in [-0.05, 0) is 51.6 Å². The third kappa shape index (κ3) is 1.32. The van der Waals surface area contributed by atoms with E-state index in [4.69, 9.17) is 0 Å². The Hall–Kier alpha value is -2.08. The van der Waals surface area contributed by atoms with Crippen LogP contribution in [0.2, 0.25) is 0 Å². The number of hydrogen-bond donors (Lipinski definition) is 0. The molecule has 4 rings (SSSR count). The van der Waals surface area contributed by atoms with Crippen LogP contribution in [-0.4, -0.2) is 0 Å². The number of fused-ring (bicyclic) bond motifs is 4. The Morgan fingerprint density at radius 1 is 0.833 bits per heavy atom. The summed E-state index contributed by atoms with van der Waals surface area (Å²) in [6.45, 7) is 0. The standard InChI is InChI=1S/C18H14/c1-3-8-15-13(6-1)12-14-7-2-4-9-16(14)18-11-5-10-17(15)18/h1-4,6-10,12H,5,11H2. The highest BCUT2D eigenvalue weighted by molar-refractivity contribution is 6.02. The summed E-state index contributed by atoms with van der Waals surface area (Å²) in [6, 6.07) is 17.5. The summed E-state index contributed by atoms with van der Waals surface area (Å²) < 4.78 is 0. The molecule has 0 unspecified atom stereocenters. The summed E-state index contributed by atoms with van der Waals surface area (Å²) in [7, 11) is 0. The molecule has 0 spiro atoms. The van der Waals surface area contributed by atoms with Crippen LogP contribution in [0.25, 0.3) is 17.2 Å². The van der Waals surface area contributed by atoms with Crippen LogP contribution < -0.4 is 10.4 Å². The van der Waals surface area contributed by atoms with Crippen molar-refractivity contribution in [2.45, 2.75) is 12.8 Å². The minimum Gasteiger partial charge on any atom is -0.0760 e. The Bertz CT molecular complexity index is 776.